The van der Waals surface area contributed by atoms with Crippen LogP contribution in [0, 0.1) is 11.3 Å². The molecule has 148 valence electrons. The second kappa shape index (κ2) is 9.62. The summed E-state index contributed by atoms with van der Waals surface area (Å²) in [6.07, 6.45) is 5.22. The highest BCUT2D eigenvalue weighted by atomic mass is 32.2. The van der Waals surface area contributed by atoms with Crippen LogP contribution in [0.2, 0.25) is 0 Å². The molecule has 0 aliphatic carbocycles. The summed E-state index contributed by atoms with van der Waals surface area (Å²) in [7, 11) is 0. The Labute approximate surface area is 163 Å². The summed E-state index contributed by atoms with van der Waals surface area (Å²) in [4.78, 5) is 7.26. The van der Waals surface area contributed by atoms with Gasteiger partial charge in [-0.25, -0.2) is 0 Å². The van der Waals surface area contributed by atoms with Crippen molar-refractivity contribution in [2.45, 2.75) is 65.6 Å². The van der Waals surface area contributed by atoms with E-state index in [1.165, 1.54) is 6.42 Å². The molecule has 1 aliphatic rings. The van der Waals surface area contributed by atoms with Crippen molar-refractivity contribution in [3.8, 4) is 0 Å². The standard InChI is InChI=1S/C19H36N6S/c1-7-20-17(24-12-10-19(4,5)14-24)21-11-8-9-16-22-23-18(26-6)25(16)13-15(2)3/h15H,7-14H2,1-6H3,(H,20,21). The molecule has 7 heteroatoms. The maximum Gasteiger partial charge on any atom is 0.193 e. The van der Waals surface area contributed by atoms with Gasteiger partial charge >= 0.3 is 0 Å². The van der Waals surface area contributed by atoms with Crippen LogP contribution in [0.1, 0.15) is 53.3 Å². The molecule has 0 unspecified atom stereocenters. The van der Waals surface area contributed by atoms with Crippen LogP contribution in [0.25, 0.3) is 0 Å². The number of aromatic nitrogens is 3. The van der Waals surface area contributed by atoms with Gasteiger partial charge in [0.15, 0.2) is 11.1 Å². The van der Waals surface area contributed by atoms with Gasteiger partial charge < -0.3 is 14.8 Å². The van der Waals surface area contributed by atoms with Gasteiger partial charge in [0, 0.05) is 39.1 Å². The van der Waals surface area contributed by atoms with Crippen LogP contribution in [0.3, 0.4) is 0 Å². The monoisotopic (exact) mass is 380 g/mol. The maximum atomic E-state index is 4.86. The van der Waals surface area contributed by atoms with Gasteiger partial charge in [0.2, 0.25) is 0 Å². The number of likely N-dealkylation sites (tertiary alicyclic amines) is 1. The first kappa shape index (κ1) is 21.1. The van der Waals surface area contributed by atoms with Gasteiger partial charge in [0.05, 0.1) is 0 Å². The molecule has 0 bridgehead atoms. The molecule has 6 nitrogen and oxygen atoms in total. The summed E-state index contributed by atoms with van der Waals surface area (Å²) in [6, 6.07) is 0. The third kappa shape index (κ3) is 5.89. The predicted octanol–water partition coefficient (Wildman–Crippen LogP) is 3.29. The molecule has 2 rings (SSSR count). The van der Waals surface area contributed by atoms with Gasteiger partial charge in [-0.15, -0.1) is 10.2 Å². The Kier molecular flexibility index (Phi) is 7.80. The van der Waals surface area contributed by atoms with E-state index in [0.29, 0.717) is 11.3 Å². The van der Waals surface area contributed by atoms with Gasteiger partial charge in [-0.3, -0.25) is 4.99 Å². The van der Waals surface area contributed by atoms with E-state index in [0.717, 1.165) is 62.5 Å². The zero-order valence-corrected chi connectivity index (χ0v) is 18.2. The van der Waals surface area contributed by atoms with Crippen LogP contribution in [-0.2, 0) is 13.0 Å². The van der Waals surface area contributed by atoms with Crippen LogP contribution in [0.4, 0.5) is 0 Å². The topological polar surface area (TPSA) is 58.3 Å². The fourth-order valence-electron chi connectivity index (χ4n) is 3.34. The number of hydrogen-bond acceptors (Lipinski definition) is 4. The number of aliphatic imine (C=N–C) groups is 1. The molecule has 1 fully saturated rings. The summed E-state index contributed by atoms with van der Waals surface area (Å²) in [5, 5.41) is 13.2. The first-order valence-electron chi connectivity index (χ1n) is 9.85. The average molecular weight is 381 g/mol. The molecule has 0 amide bonds. The fourth-order valence-corrected chi connectivity index (χ4v) is 3.87. The SMILES string of the molecule is CCNC(=NCCCc1nnc(SC)n1CC(C)C)N1CCC(C)(C)C1. The second-order valence-electron chi connectivity index (χ2n) is 8.28. The van der Waals surface area contributed by atoms with Crippen molar-refractivity contribution >= 4 is 17.7 Å². The van der Waals surface area contributed by atoms with Gasteiger partial charge in [-0.1, -0.05) is 39.5 Å². The Bertz CT molecular complexity index is 593. The number of nitrogens with zero attached hydrogens (tertiary/aromatic N) is 5. The van der Waals surface area contributed by atoms with Crippen molar-refractivity contribution in [3.05, 3.63) is 5.82 Å². The average Bonchev–Trinajstić information content (AvgIpc) is 3.13. The molecular weight excluding hydrogens is 344 g/mol. The first-order chi connectivity index (χ1) is 12.4. The van der Waals surface area contributed by atoms with E-state index < -0.39 is 0 Å². The number of nitrogens with one attached hydrogen (secondary N) is 1. The summed E-state index contributed by atoms with van der Waals surface area (Å²) < 4.78 is 2.27. The molecule has 1 N–H and O–H groups in total. The quantitative estimate of drug-likeness (QED) is 0.325. The van der Waals surface area contributed by atoms with E-state index >= 15 is 0 Å². The second-order valence-corrected chi connectivity index (χ2v) is 9.06. The molecule has 0 aromatic carbocycles. The van der Waals surface area contributed by atoms with E-state index in [4.69, 9.17) is 4.99 Å². The Hall–Kier alpha value is -1.24. The Morgan fingerprint density at radius 1 is 1.35 bits per heavy atom. The van der Waals surface area contributed by atoms with Gasteiger partial charge in [0.25, 0.3) is 0 Å². The molecule has 0 radical (unpaired) electrons. The number of rotatable bonds is 8. The lowest BCUT2D eigenvalue weighted by Gasteiger charge is -2.23. The van der Waals surface area contributed by atoms with E-state index in [1.807, 2.05) is 0 Å². The highest BCUT2D eigenvalue weighted by Crippen LogP contribution is 2.28. The lowest BCUT2D eigenvalue weighted by molar-refractivity contribution is 0.370. The molecule has 1 saturated heterocycles. The molecular formula is C19H36N6S. The van der Waals surface area contributed by atoms with Crippen molar-refractivity contribution in [3.63, 3.8) is 0 Å². The summed E-state index contributed by atoms with van der Waals surface area (Å²) in [6.45, 7) is 16.2. The molecule has 0 spiro atoms. The Morgan fingerprint density at radius 2 is 2.12 bits per heavy atom. The normalized spacial score (nSPS) is 17.3. The van der Waals surface area contributed by atoms with Crippen molar-refractivity contribution in [2.24, 2.45) is 16.3 Å². The molecule has 0 atom stereocenters. The van der Waals surface area contributed by atoms with E-state index in [2.05, 4.69) is 65.9 Å². The van der Waals surface area contributed by atoms with E-state index in [-0.39, 0.29) is 0 Å². The summed E-state index contributed by atoms with van der Waals surface area (Å²) >= 11 is 1.67. The lowest BCUT2D eigenvalue weighted by Crippen LogP contribution is -2.40. The minimum absolute atomic E-state index is 0.387. The van der Waals surface area contributed by atoms with Crippen molar-refractivity contribution < 1.29 is 0 Å². The molecule has 1 aromatic heterocycles. The highest BCUT2D eigenvalue weighted by Gasteiger charge is 2.30. The third-order valence-corrected chi connectivity index (χ3v) is 5.32. The van der Waals surface area contributed by atoms with E-state index in [1.54, 1.807) is 11.8 Å². The highest BCUT2D eigenvalue weighted by molar-refractivity contribution is 7.98. The zero-order valence-electron chi connectivity index (χ0n) is 17.4. The maximum absolute atomic E-state index is 4.86. The van der Waals surface area contributed by atoms with Crippen LogP contribution in [-0.4, -0.2) is 58.1 Å². The molecule has 26 heavy (non-hydrogen) atoms. The number of guanidine groups is 1. The van der Waals surface area contributed by atoms with Crippen molar-refractivity contribution in [1.29, 1.82) is 0 Å². The van der Waals surface area contributed by atoms with E-state index in [9.17, 15) is 0 Å². The lowest BCUT2D eigenvalue weighted by atomic mass is 9.93. The van der Waals surface area contributed by atoms with Gasteiger partial charge in [-0.05, 0) is 37.4 Å². The third-order valence-electron chi connectivity index (χ3n) is 4.66. The smallest absolute Gasteiger partial charge is 0.193 e. The molecule has 2 heterocycles. The largest absolute Gasteiger partial charge is 0.357 e. The molecule has 1 aromatic rings. The van der Waals surface area contributed by atoms with Crippen LogP contribution < -0.4 is 5.32 Å². The fraction of sp³-hybridized carbons (Fsp3) is 0.842. The first-order valence-corrected chi connectivity index (χ1v) is 11.1. The van der Waals surface area contributed by atoms with Crippen LogP contribution >= 0.6 is 11.8 Å². The van der Waals surface area contributed by atoms with Crippen molar-refractivity contribution in [1.82, 2.24) is 25.0 Å². The van der Waals surface area contributed by atoms with Gasteiger partial charge in [0.1, 0.15) is 5.82 Å². The Balaban J connectivity index is 1.93. The van der Waals surface area contributed by atoms with Crippen molar-refractivity contribution in [2.75, 3.05) is 32.4 Å². The zero-order chi connectivity index (χ0) is 19.2. The predicted molar refractivity (Wildman–Crippen MR) is 111 cm³/mol. The molecule has 0 saturated carbocycles. The van der Waals surface area contributed by atoms with Crippen LogP contribution in [0.5, 0.6) is 0 Å². The summed E-state index contributed by atoms with van der Waals surface area (Å²) in [5.74, 6) is 2.74. The minimum Gasteiger partial charge on any atom is -0.357 e. The van der Waals surface area contributed by atoms with Crippen LogP contribution in [0.15, 0.2) is 10.1 Å². The summed E-state index contributed by atoms with van der Waals surface area (Å²) in [5.41, 5.74) is 0.387. The molecule has 1 aliphatic heterocycles. The minimum atomic E-state index is 0.387. The number of thioether (sulfide) groups is 1. The number of hydrogen-bond donors (Lipinski definition) is 1. The van der Waals surface area contributed by atoms with Gasteiger partial charge in [-0.2, -0.15) is 0 Å². The number of aryl methyl sites for hydroxylation is 1. The Morgan fingerprint density at radius 3 is 2.69 bits per heavy atom.